The van der Waals surface area contributed by atoms with Gasteiger partial charge in [0.25, 0.3) is 0 Å². The number of unbranched alkanes of at least 4 members (excludes halogenated alkanes) is 5. The number of hydrogen-bond acceptors (Lipinski definition) is 3. The van der Waals surface area contributed by atoms with Crippen molar-refractivity contribution in [1.29, 1.82) is 0 Å². The average molecular weight is 516 g/mol. The summed E-state index contributed by atoms with van der Waals surface area (Å²) in [7, 11) is 1.65. The molecule has 1 aromatic heterocycles. The van der Waals surface area contributed by atoms with E-state index < -0.39 is 0 Å². The molecule has 0 aliphatic carbocycles. The third kappa shape index (κ3) is 6.12. The smallest absolute Gasteiger partial charge is 0.247 e. The molecule has 2 amide bonds. The number of rotatable bonds is 13. The summed E-state index contributed by atoms with van der Waals surface area (Å²) >= 11 is 0. The number of para-hydroxylation sites is 2. The van der Waals surface area contributed by atoms with Gasteiger partial charge in [0, 0.05) is 19.2 Å². The molecule has 2 heterocycles. The Labute approximate surface area is 227 Å². The molecule has 38 heavy (non-hydrogen) atoms. The Morgan fingerprint density at radius 2 is 1.55 bits per heavy atom. The molecule has 3 aromatic rings. The summed E-state index contributed by atoms with van der Waals surface area (Å²) in [5.74, 6) is 0.785. The number of anilines is 1. The predicted octanol–water partition coefficient (Wildman–Crippen LogP) is 6.91. The normalized spacial score (nSPS) is 14.1. The van der Waals surface area contributed by atoms with Gasteiger partial charge in [0.2, 0.25) is 11.8 Å². The molecule has 202 valence electrons. The van der Waals surface area contributed by atoms with Gasteiger partial charge in [-0.05, 0) is 54.8 Å². The van der Waals surface area contributed by atoms with Crippen LogP contribution in [0.1, 0.15) is 82.5 Å². The first-order valence-electron chi connectivity index (χ1n) is 14.1. The molecule has 0 bridgehead atoms. The first kappa shape index (κ1) is 27.5. The number of aromatic nitrogens is 1. The maximum atomic E-state index is 14.2. The van der Waals surface area contributed by atoms with E-state index in [-0.39, 0.29) is 24.4 Å². The highest BCUT2D eigenvalue weighted by atomic mass is 16.5. The van der Waals surface area contributed by atoms with Gasteiger partial charge in [-0.25, -0.2) is 0 Å². The molecular weight excluding hydrogens is 474 g/mol. The largest absolute Gasteiger partial charge is 0.497 e. The van der Waals surface area contributed by atoms with E-state index in [2.05, 4.69) is 24.5 Å². The third-order valence-electron chi connectivity index (χ3n) is 7.37. The molecule has 0 N–H and O–H groups in total. The molecule has 6 nitrogen and oxygen atoms in total. The van der Waals surface area contributed by atoms with Crippen molar-refractivity contribution in [2.24, 2.45) is 0 Å². The van der Waals surface area contributed by atoms with Gasteiger partial charge in [-0.15, -0.1) is 0 Å². The minimum Gasteiger partial charge on any atom is -0.497 e. The minimum absolute atomic E-state index is 0.0684. The molecule has 2 aromatic carbocycles. The summed E-state index contributed by atoms with van der Waals surface area (Å²) in [4.78, 5) is 31.1. The predicted molar refractivity (Wildman–Crippen MR) is 153 cm³/mol. The second-order valence-electron chi connectivity index (χ2n) is 10.1. The van der Waals surface area contributed by atoms with Gasteiger partial charge in [0.15, 0.2) is 0 Å². The van der Waals surface area contributed by atoms with Crippen LogP contribution in [0.15, 0.2) is 66.9 Å². The Kier molecular flexibility index (Phi) is 9.63. The molecule has 4 rings (SSSR count). The molecule has 0 saturated heterocycles. The molecule has 0 spiro atoms. The zero-order valence-electron chi connectivity index (χ0n) is 23.1. The van der Waals surface area contributed by atoms with Crippen LogP contribution in [0.4, 0.5) is 5.69 Å². The fourth-order valence-corrected chi connectivity index (χ4v) is 5.28. The van der Waals surface area contributed by atoms with Crippen LogP contribution in [-0.4, -0.2) is 41.5 Å². The molecule has 0 fully saturated rings. The Morgan fingerprint density at radius 3 is 2.26 bits per heavy atom. The first-order valence-corrected chi connectivity index (χ1v) is 14.1. The van der Waals surface area contributed by atoms with Crippen molar-refractivity contribution >= 4 is 17.5 Å². The molecular formula is C32H41N3O3. The highest BCUT2D eigenvalue weighted by molar-refractivity contribution is 6.00. The summed E-state index contributed by atoms with van der Waals surface area (Å²) in [5, 5.41) is 0. The third-order valence-corrected chi connectivity index (χ3v) is 7.37. The average Bonchev–Trinajstić information content (AvgIpc) is 3.44. The highest BCUT2D eigenvalue weighted by Gasteiger charge is 2.36. The number of nitrogens with zero attached hydrogens (tertiary/aromatic N) is 3. The monoisotopic (exact) mass is 515 g/mol. The number of hydrogen-bond donors (Lipinski definition) is 0. The second kappa shape index (κ2) is 13.3. The Morgan fingerprint density at radius 1 is 0.842 bits per heavy atom. The lowest BCUT2D eigenvalue weighted by Crippen LogP contribution is -2.47. The maximum absolute atomic E-state index is 14.2. The van der Waals surface area contributed by atoms with Gasteiger partial charge in [-0.1, -0.05) is 70.2 Å². The minimum atomic E-state index is -0.310. The quantitative estimate of drug-likeness (QED) is 0.232. The second-order valence-corrected chi connectivity index (χ2v) is 10.1. The Hall–Kier alpha value is -3.54. The van der Waals surface area contributed by atoms with E-state index in [4.69, 9.17) is 4.74 Å². The summed E-state index contributed by atoms with van der Waals surface area (Å²) in [5.41, 5.74) is 3.83. The topological polar surface area (TPSA) is 54.8 Å². The summed E-state index contributed by atoms with van der Waals surface area (Å²) < 4.78 is 7.54. The first-order chi connectivity index (χ1) is 18.6. The van der Waals surface area contributed by atoms with Gasteiger partial charge in [0.05, 0.1) is 24.2 Å². The van der Waals surface area contributed by atoms with Crippen LogP contribution in [0.3, 0.4) is 0 Å². The van der Waals surface area contributed by atoms with Gasteiger partial charge in [0.1, 0.15) is 18.3 Å². The Balaban J connectivity index is 1.64. The summed E-state index contributed by atoms with van der Waals surface area (Å²) in [6, 6.07) is 19.7. The SMILES string of the molecule is CCCCCCCC(=O)N(CCCC)CC(=O)N1c2ccccc2-n2cccc2C1c1ccc(OC)cc1. The molecule has 1 aliphatic rings. The molecule has 1 unspecified atom stereocenters. The fourth-order valence-electron chi connectivity index (χ4n) is 5.28. The summed E-state index contributed by atoms with van der Waals surface area (Å²) in [6.07, 6.45) is 9.89. The zero-order valence-corrected chi connectivity index (χ0v) is 23.1. The van der Waals surface area contributed by atoms with Gasteiger partial charge < -0.3 is 14.2 Å². The van der Waals surface area contributed by atoms with Crippen molar-refractivity contribution in [2.75, 3.05) is 25.1 Å². The van der Waals surface area contributed by atoms with Crippen LogP contribution in [0, 0.1) is 0 Å². The number of methoxy groups -OCH3 is 1. The molecule has 1 atom stereocenters. The van der Waals surface area contributed by atoms with E-state index >= 15 is 0 Å². The fraction of sp³-hybridized carbons (Fsp3) is 0.438. The van der Waals surface area contributed by atoms with Crippen LogP contribution in [0.25, 0.3) is 5.69 Å². The number of carbonyl (C=O) groups excluding carboxylic acids is 2. The van der Waals surface area contributed by atoms with Crippen LogP contribution in [-0.2, 0) is 9.59 Å². The van der Waals surface area contributed by atoms with E-state index in [0.717, 1.165) is 60.5 Å². The lowest BCUT2D eigenvalue weighted by molar-refractivity contribution is -0.135. The van der Waals surface area contributed by atoms with Crippen LogP contribution in [0.2, 0.25) is 0 Å². The van der Waals surface area contributed by atoms with Crippen molar-refractivity contribution in [3.05, 3.63) is 78.1 Å². The van der Waals surface area contributed by atoms with Crippen molar-refractivity contribution in [3.63, 3.8) is 0 Å². The number of ether oxygens (including phenoxy) is 1. The lowest BCUT2D eigenvalue weighted by Gasteiger charge is -2.39. The molecule has 0 saturated carbocycles. The van der Waals surface area contributed by atoms with E-state index in [9.17, 15) is 9.59 Å². The van der Waals surface area contributed by atoms with Gasteiger partial charge in [-0.2, -0.15) is 0 Å². The number of fused-ring (bicyclic) bond motifs is 3. The van der Waals surface area contributed by atoms with Crippen molar-refractivity contribution in [2.45, 2.75) is 71.3 Å². The van der Waals surface area contributed by atoms with Crippen LogP contribution >= 0.6 is 0 Å². The molecule has 0 radical (unpaired) electrons. The van der Waals surface area contributed by atoms with Crippen molar-refractivity contribution in [1.82, 2.24) is 9.47 Å². The maximum Gasteiger partial charge on any atom is 0.247 e. The van der Waals surface area contributed by atoms with Gasteiger partial charge in [-0.3, -0.25) is 14.5 Å². The van der Waals surface area contributed by atoms with Crippen LogP contribution < -0.4 is 9.64 Å². The number of benzene rings is 2. The van der Waals surface area contributed by atoms with E-state index in [0.29, 0.717) is 13.0 Å². The standard InChI is InChI=1S/C32H41N3O3/c1-4-6-8-9-10-17-30(36)33(22-7-5-2)24-31(37)35-28-15-12-11-14-27(28)34-23-13-16-29(34)32(35)25-18-20-26(38-3)21-19-25/h11-16,18-21,23,32H,4-10,17,22,24H2,1-3H3. The lowest BCUT2D eigenvalue weighted by atomic mass is 9.97. The zero-order chi connectivity index (χ0) is 26.9. The van der Waals surface area contributed by atoms with Crippen LogP contribution in [0.5, 0.6) is 5.75 Å². The molecule has 1 aliphatic heterocycles. The van der Waals surface area contributed by atoms with E-state index in [1.165, 1.54) is 12.8 Å². The van der Waals surface area contributed by atoms with E-state index in [1.807, 2.05) is 65.7 Å². The van der Waals surface area contributed by atoms with Crippen molar-refractivity contribution in [3.8, 4) is 11.4 Å². The number of amides is 2. The molecule has 6 heteroatoms. The van der Waals surface area contributed by atoms with E-state index in [1.54, 1.807) is 12.0 Å². The van der Waals surface area contributed by atoms with Gasteiger partial charge >= 0.3 is 0 Å². The Bertz CT molecular complexity index is 1200. The highest BCUT2D eigenvalue weighted by Crippen LogP contribution is 2.42. The summed E-state index contributed by atoms with van der Waals surface area (Å²) in [6.45, 7) is 4.99. The van der Waals surface area contributed by atoms with Crippen molar-refractivity contribution < 1.29 is 14.3 Å². The number of carbonyl (C=O) groups is 2.